The van der Waals surface area contributed by atoms with Crippen molar-refractivity contribution in [3.8, 4) is 0 Å². The van der Waals surface area contributed by atoms with Crippen molar-refractivity contribution in [3.05, 3.63) is 54.6 Å². The zero-order chi connectivity index (χ0) is 12.6. The fraction of sp³-hybridized carbons (Fsp3) is 0.231. The van der Waals surface area contributed by atoms with Crippen molar-refractivity contribution in [1.82, 2.24) is 0 Å². The van der Waals surface area contributed by atoms with E-state index in [9.17, 15) is 5.11 Å². The maximum absolute atomic E-state index is 10.4. The average molecular weight is 332 g/mol. The highest BCUT2D eigenvalue weighted by atomic mass is 79.9. The lowest BCUT2D eigenvalue weighted by molar-refractivity contribution is 0.223. The van der Waals surface area contributed by atoms with E-state index in [0.717, 1.165) is 26.0 Å². The molecule has 1 aromatic heterocycles. The molecule has 17 heavy (non-hydrogen) atoms. The van der Waals surface area contributed by atoms with Crippen LogP contribution in [0.5, 0.6) is 0 Å². The second-order valence-electron chi connectivity index (χ2n) is 3.99. The summed E-state index contributed by atoms with van der Waals surface area (Å²) in [5, 5.41) is 12.9. The molecule has 1 unspecified atom stereocenters. The van der Waals surface area contributed by atoms with Crippen molar-refractivity contribution in [2.45, 2.75) is 20.0 Å². The highest BCUT2D eigenvalue weighted by Crippen LogP contribution is 2.36. The molecule has 0 aliphatic carbocycles. The Labute approximate surface area is 118 Å². The third-order valence-corrected chi connectivity index (χ3v) is 5.05. The highest BCUT2D eigenvalue weighted by Gasteiger charge is 2.18. The molecule has 0 amide bonds. The normalized spacial score (nSPS) is 12.8. The molecule has 0 aliphatic rings. The summed E-state index contributed by atoms with van der Waals surface area (Å²) >= 11 is 11.1. The van der Waals surface area contributed by atoms with Gasteiger partial charge in [0.25, 0.3) is 0 Å². The summed E-state index contributed by atoms with van der Waals surface area (Å²) in [7, 11) is 0. The molecular formula is C13H12BrClOS. The number of hydrogen-bond donors (Lipinski definition) is 1. The second kappa shape index (κ2) is 5.11. The largest absolute Gasteiger partial charge is 0.383 e. The van der Waals surface area contributed by atoms with Gasteiger partial charge < -0.3 is 5.11 Å². The molecule has 4 heteroatoms. The Bertz CT molecular complexity index is 550. The Kier molecular flexibility index (Phi) is 3.93. The summed E-state index contributed by atoms with van der Waals surface area (Å²) < 4.78 is 0.921. The van der Waals surface area contributed by atoms with Crippen molar-refractivity contribution in [2.75, 3.05) is 0 Å². The number of thiophene rings is 1. The second-order valence-corrected chi connectivity index (χ2v) is 6.20. The van der Waals surface area contributed by atoms with Gasteiger partial charge in [-0.1, -0.05) is 17.7 Å². The van der Waals surface area contributed by atoms with Crippen molar-refractivity contribution in [2.24, 2.45) is 0 Å². The molecule has 0 radical (unpaired) electrons. The van der Waals surface area contributed by atoms with E-state index in [2.05, 4.69) is 15.9 Å². The van der Waals surface area contributed by atoms with Gasteiger partial charge in [-0.05, 0) is 58.4 Å². The van der Waals surface area contributed by atoms with Gasteiger partial charge in [0.15, 0.2) is 0 Å². The lowest BCUT2D eigenvalue weighted by atomic mass is 10.0. The zero-order valence-electron chi connectivity index (χ0n) is 9.50. The lowest BCUT2D eigenvalue weighted by Gasteiger charge is -2.14. The van der Waals surface area contributed by atoms with Gasteiger partial charge in [0.1, 0.15) is 6.10 Å². The number of benzene rings is 1. The molecule has 0 bridgehead atoms. The van der Waals surface area contributed by atoms with E-state index in [1.807, 2.05) is 37.4 Å². The summed E-state index contributed by atoms with van der Waals surface area (Å²) in [5.41, 5.74) is 3.03. The fourth-order valence-electron chi connectivity index (χ4n) is 1.65. The molecule has 1 heterocycles. The van der Waals surface area contributed by atoms with Gasteiger partial charge >= 0.3 is 0 Å². The van der Waals surface area contributed by atoms with Crippen LogP contribution >= 0.6 is 38.9 Å². The predicted octanol–water partition coefficient (Wildman–Crippen LogP) is 4.86. The number of aliphatic hydroxyl groups is 1. The van der Waals surface area contributed by atoms with E-state index < -0.39 is 6.10 Å². The van der Waals surface area contributed by atoms with Crippen LogP contribution in [0.2, 0.25) is 5.02 Å². The van der Waals surface area contributed by atoms with Gasteiger partial charge in [0, 0.05) is 15.1 Å². The molecule has 2 aromatic rings. The first-order valence-electron chi connectivity index (χ1n) is 5.18. The SMILES string of the molecule is Cc1cc(Cl)c(C(O)c2sccc2Br)cc1C. The molecule has 0 saturated heterocycles. The van der Waals surface area contributed by atoms with E-state index in [0.29, 0.717) is 5.02 Å². The van der Waals surface area contributed by atoms with E-state index in [1.165, 1.54) is 11.3 Å². The zero-order valence-corrected chi connectivity index (χ0v) is 12.7. The summed E-state index contributed by atoms with van der Waals surface area (Å²) in [6, 6.07) is 5.78. The van der Waals surface area contributed by atoms with Crippen LogP contribution in [0.4, 0.5) is 0 Å². The molecule has 0 saturated carbocycles. The van der Waals surface area contributed by atoms with E-state index in [-0.39, 0.29) is 0 Å². The minimum Gasteiger partial charge on any atom is -0.383 e. The van der Waals surface area contributed by atoms with Crippen LogP contribution in [-0.2, 0) is 0 Å². The molecule has 90 valence electrons. The van der Waals surface area contributed by atoms with E-state index in [4.69, 9.17) is 11.6 Å². The monoisotopic (exact) mass is 330 g/mol. The van der Waals surface area contributed by atoms with Crippen molar-refractivity contribution < 1.29 is 5.11 Å². The van der Waals surface area contributed by atoms with E-state index in [1.54, 1.807) is 0 Å². The molecule has 0 spiro atoms. The molecule has 0 aliphatic heterocycles. The molecule has 1 atom stereocenters. The van der Waals surface area contributed by atoms with Crippen LogP contribution in [0.1, 0.15) is 27.7 Å². The molecule has 1 aromatic carbocycles. The Balaban J connectivity index is 2.48. The first kappa shape index (κ1) is 13.1. The van der Waals surface area contributed by atoms with Crippen molar-refractivity contribution >= 4 is 38.9 Å². The van der Waals surface area contributed by atoms with Gasteiger partial charge in [-0.25, -0.2) is 0 Å². The smallest absolute Gasteiger partial charge is 0.116 e. The predicted molar refractivity (Wildman–Crippen MR) is 77.0 cm³/mol. The molecule has 2 rings (SSSR count). The Morgan fingerprint density at radius 3 is 2.53 bits per heavy atom. The first-order valence-corrected chi connectivity index (χ1v) is 7.23. The van der Waals surface area contributed by atoms with Gasteiger partial charge in [-0.15, -0.1) is 11.3 Å². The maximum Gasteiger partial charge on any atom is 0.116 e. The van der Waals surface area contributed by atoms with Crippen LogP contribution in [0.25, 0.3) is 0 Å². The average Bonchev–Trinajstić information content (AvgIpc) is 2.69. The minimum absolute atomic E-state index is 0.612. The summed E-state index contributed by atoms with van der Waals surface area (Å²) in [4.78, 5) is 0.884. The van der Waals surface area contributed by atoms with Crippen LogP contribution < -0.4 is 0 Å². The van der Waals surface area contributed by atoms with Gasteiger partial charge in [0.2, 0.25) is 0 Å². The van der Waals surface area contributed by atoms with Gasteiger partial charge in [-0.2, -0.15) is 0 Å². The van der Waals surface area contributed by atoms with Gasteiger partial charge in [-0.3, -0.25) is 0 Å². The third-order valence-electron chi connectivity index (χ3n) is 2.80. The minimum atomic E-state index is -0.670. The summed E-state index contributed by atoms with van der Waals surface area (Å²) in [5.74, 6) is 0. The quantitative estimate of drug-likeness (QED) is 0.833. The number of aliphatic hydroxyl groups excluding tert-OH is 1. The topological polar surface area (TPSA) is 20.2 Å². The molecule has 1 N–H and O–H groups in total. The Morgan fingerprint density at radius 2 is 1.94 bits per heavy atom. The van der Waals surface area contributed by atoms with Crippen LogP contribution in [0.3, 0.4) is 0 Å². The summed E-state index contributed by atoms with van der Waals surface area (Å²) in [6.07, 6.45) is -0.670. The molecular weight excluding hydrogens is 320 g/mol. The third kappa shape index (κ3) is 2.58. The first-order chi connectivity index (χ1) is 8.00. The van der Waals surface area contributed by atoms with Crippen LogP contribution in [0, 0.1) is 13.8 Å². The standard InChI is InChI=1S/C13H12BrClOS/c1-7-5-9(11(15)6-8(7)2)12(16)13-10(14)3-4-17-13/h3-6,12,16H,1-2H3. The number of aryl methyl sites for hydroxylation is 2. The lowest BCUT2D eigenvalue weighted by Crippen LogP contribution is -2.00. The maximum atomic E-state index is 10.4. The van der Waals surface area contributed by atoms with E-state index >= 15 is 0 Å². The highest BCUT2D eigenvalue weighted by molar-refractivity contribution is 9.10. The Hall–Kier alpha value is -0.350. The molecule has 1 nitrogen and oxygen atoms in total. The van der Waals surface area contributed by atoms with Crippen molar-refractivity contribution in [3.63, 3.8) is 0 Å². The summed E-state index contributed by atoms with van der Waals surface area (Å²) in [6.45, 7) is 4.03. The fourth-order valence-corrected chi connectivity index (χ4v) is 3.57. The van der Waals surface area contributed by atoms with Crippen LogP contribution in [-0.4, -0.2) is 5.11 Å². The molecule has 0 fully saturated rings. The number of hydrogen-bond acceptors (Lipinski definition) is 2. The van der Waals surface area contributed by atoms with Gasteiger partial charge in [0.05, 0.1) is 4.88 Å². The van der Waals surface area contributed by atoms with Crippen LogP contribution in [0.15, 0.2) is 28.1 Å². The Morgan fingerprint density at radius 1 is 1.29 bits per heavy atom. The number of halogens is 2. The number of rotatable bonds is 2. The van der Waals surface area contributed by atoms with Crippen molar-refractivity contribution in [1.29, 1.82) is 0 Å².